The maximum Gasteiger partial charge on any atom is 0.172 e. The molecule has 1 heterocycles. The third-order valence-electron chi connectivity index (χ3n) is 6.79. The number of methoxy groups -OCH3 is 3. The first kappa shape index (κ1) is 24.1. The van der Waals surface area contributed by atoms with E-state index in [0.717, 1.165) is 28.2 Å². The smallest absolute Gasteiger partial charge is 0.172 e. The zero-order chi connectivity index (χ0) is 25.4. The fourth-order valence-corrected chi connectivity index (χ4v) is 5.46. The minimum absolute atomic E-state index is 0.0180. The molecule has 0 fully saturated rings. The molecule has 0 aromatic heterocycles. The second-order valence-corrected chi connectivity index (χ2v) is 9.69. The summed E-state index contributed by atoms with van der Waals surface area (Å²) in [6.07, 6.45) is 1.01. The predicted octanol–water partition coefficient (Wildman–Crippen LogP) is 6.16. The quantitative estimate of drug-likeness (QED) is 0.350. The molecule has 0 radical (unpaired) electrons. The molecule has 1 aliphatic carbocycles. The highest BCUT2D eigenvalue weighted by atomic mass is 79.9. The van der Waals surface area contributed by atoms with Crippen molar-refractivity contribution in [2.45, 2.75) is 24.8 Å². The van der Waals surface area contributed by atoms with Gasteiger partial charge in [0.2, 0.25) is 0 Å². The van der Waals surface area contributed by atoms with Gasteiger partial charge < -0.3 is 30.0 Å². The number of allylic oxidation sites excluding steroid dienone is 1. The second kappa shape index (κ2) is 9.78. The number of carbonyl (C=O) groups is 1. The Morgan fingerprint density at radius 1 is 0.861 bits per heavy atom. The summed E-state index contributed by atoms with van der Waals surface area (Å²) in [4.78, 5) is 13.8. The number of phenolic OH excluding ortho intramolecular Hbond substituents is 1. The molecule has 0 spiro atoms. The number of nitrogens with one attached hydrogen (secondary N) is 2. The van der Waals surface area contributed by atoms with Crippen LogP contribution in [0.3, 0.4) is 0 Å². The summed E-state index contributed by atoms with van der Waals surface area (Å²) < 4.78 is 16.8. The standard InChI is InChI=1S/C28H27BrN2O5/c1-34-23-9-8-15(13-24(23)35-2)16-11-21-26(22(32)12-16)27(31-20-7-5-4-6-19(20)30-21)17-10-18(29)28(33)25(14-17)36-3/h4-10,13-14,16,27,30-31,33H,11-12H2,1-3H3/t16-,27-/m0/s1. The number of aromatic hydroxyl groups is 1. The monoisotopic (exact) mass is 550 g/mol. The van der Waals surface area contributed by atoms with Crippen molar-refractivity contribution in [2.75, 3.05) is 32.0 Å². The molecule has 7 nitrogen and oxygen atoms in total. The molecule has 0 bridgehead atoms. The molecular formula is C28H27BrN2O5. The lowest BCUT2D eigenvalue weighted by Gasteiger charge is -2.30. The van der Waals surface area contributed by atoms with E-state index in [1.807, 2.05) is 48.5 Å². The Labute approximate surface area is 218 Å². The van der Waals surface area contributed by atoms with Gasteiger partial charge in [-0.1, -0.05) is 18.2 Å². The van der Waals surface area contributed by atoms with Crippen LogP contribution in [0.5, 0.6) is 23.0 Å². The van der Waals surface area contributed by atoms with Crippen LogP contribution in [0.15, 0.2) is 70.3 Å². The van der Waals surface area contributed by atoms with Crippen molar-refractivity contribution in [3.63, 3.8) is 0 Å². The zero-order valence-electron chi connectivity index (χ0n) is 20.2. The number of carbonyl (C=O) groups excluding carboxylic acids is 1. The van der Waals surface area contributed by atoms with Crippen LogP contribution in [-0.4, -0.2) is 32.2 Å². The maximum atomic E-state index is 13.8. The van der Waals surface area contributed by atoms with Gasteiger partial charge in [0.05, 0.1) is 43.2 Å². The third-order valence-corrected chi connectivity index (χ3v) is 7.40. The van der Waals surface area contributed by atoms with Crippen molar-refractivity contribution in [3.8, 4) is 23.0 Å². The van der Waals surface area contributed by atoms with Crippen molar-refractivity contribution in [2.24, 2.45) is 0 Å². The Balaban J connectivity index is 1.61. The molecule has 2 atom stereocenters. The van der Waals surface area contributed by atoms with Crippen molar-refractivity contribution >= 4 is 33.1 Å². The van der Waals surface area contributed by atoms with E-state index >= 15 is 0 Å². The molecule has 8 heteroatoms. The highest BCUT2D eigenvalue weighted by Crippen LogP contribution is 2.47. The number of rotatable bonds is 5. The number of ketones is 1. The van der Waals surface area contributed by atoms with Crippen LogP contribution >= 0.6 is 15.9 Å². The first-order valence-electron chi connectivity index (χ1n) is 11.6. The maximum absolute atomic E-state index is 13.8. The number of anilines is 2. The molecule has 3 aromatic carbocycles. The van der Waals surface area contributed by atoms with E-state index < -0.39 is 6.04 Å². The number of fused-ring (bicyclic) bond motifs is 1. The molecular weight excluding hydrogens is 524 g/mol. The second-order valence-electron chi connectivity index (χ2n) is 8.84. The molecule has 5 rings (SSSR count). The average molecular weight is 551 g/mol. The van der Waals surface area contributed by atoms with E-state index in [4.69, 9.17) is 14.2 Å². The summed E-state index contributed by atoms with van der Waals surface area (Å²) >= 11 is 3.43. The number of benzene rings is 3. The summed E-state index contributed by atoms with van der Waals surface area (Å²) in [5.74, 6) is 1.68. The largest absolute Gasteiger partial charge is 0.503 e. The number of phenols is 1. The van der Waals surface area contributed by atoms with E-state index in [0.29, 0.717) is 40.1 Å². The molecule has 0 saturated carbocycles. The van der Waals surface area contributed by atoms with Crippen molar-refractivity contribution in [3.05, 3.63) is 81.5 Å². The lowest BCUT2D eigenvalue weighted by Crippen LogP contribution is -2.27. The zero-order valence-corrected chi connectivity index (χ0v) is 21.8. The Bertz CT molecular complexity index is 1370. The van der Waals surface area contributed by atoms with Crippen LogP contribution in [0.1, 0.15) is 35.9 Å². The third kappa shape index (κ3) is 4.26. The highest BCUT2D eigenvalue weighted by Gasteiger charge is 2.36. The van der Waals surface area contributed by atoms with Gasteiger partial charge in [0.25, 0.3) is 0 Å². The van der Waals surface area contributed by atoms with Gasteiger partial charge >= 0.3 is 0 Å². The predicted molar refractivity (Wildman–Crippen MR) is 142 cm³/mol. The highest BCUT2D eigenvalue weighted by molar-refractivity contribution is 9.10. The molecule has 3 N–H and O–H groups in total. The molecule has 36 heavy (non-hydrogen) atoms. The van der Waals surface area contributed by atoms with Crippen LogP contribution in [0, 0.1) is 0 Å². The van der Waals surface area contributed by atoms with Gasteiger partial charge in [-0.25, -0.2) is 0 Å². The van der Waals surface area contributed by atoms with Gasteiger partial charge in [-0.2, -0.15) is 0 Å². The van der Waals surface area contributed by atoms with Gasteiger partial charge in [0, 0.05) is 17.7 Å². The fourth-order valence-electron chi connectivity index (χ4n) is 5.00. The molecule has 1 aliphatic heterocycles. The van der Waals surface area contributed by atoms with E-state index in [2.05, 4.69) is 26.6 Å². The van der Waals surface area contributed by atoms with Gasteiger partial charge in [-0.15, -0.1) is 0 Å². The Morgan fingerprint density at radius 3 is 2.28 bits per heavy atom. The molecule has 2 aliphatic rings. The lowest BCUT2D eigenvalue weighted by molar-refractivity contribution is -0.116. The molecule has 0 amide bonds. The van der Waals surface area contributed by atoms with Gasteiger partial charge in [-0.3, -0.25) is 4.79 Å². The molecule has 0 unspecified atom stereocenters. The van der Waals surface area contributed by atoms with E-state index in [-0.39, 0.29) is 17.5 Å². The first-order chi connectivity index (χ1) is 17.4. The lowest BCUT2D eigenvalue weighted by atomic mass is 9.78. The van der Waals surface area contributed by atoms with Gasteiger partial charge in [-0.05, 0) is 75.8 Å². The Kier molecular flexibility index (Phi) is 6.53. The summed E-state index contributed by atoms with van der Waals surface area (Å²) in [5, 5.41) is 17.5. The number of ether oxygens (including phenoxy) is 3. The average Bonchev–Trinajstić information content (AvgIpc) is 3.06. The van der Waals surface area contributed by atoms with Gasteiger partial charge in [0.15, 0.2) is 28.8 Å². The topological polar surface area (TPSA) is 89.1 Å². The van der Waals surface area contributed by atoms with Crippen molar-refractivity contribution in [1.82, 2.24) is 0 Å². The Morgan fingerprint density at radius 2 is 1.56 bits per heavy atom. The number of Topliss-reactive ketones (excluding diaryl/α,β-unsaturated/α-hetero) is 1. The normalized spacial score (nSPS) is 18.8. The van der Waals surface area contributed by atoms with Crippen molar-refractivity contribution < 1.29 is 24.1 Å². The fraction of sp³-hybridized carbons (Fsp3) is 0.250. The summed E-state index contributed by atoms with van der Waals surface area (Å²) in [6.45, 7) is 0. The number of halogens is 1. The van der Waals surface area contributed by atoms with Crippen LogP contribution in [0.2, 0.25) is 0 Å². The minimum Gasteiger partial charge on any atom is -0.503 e. The van der Waals surface area contributed by atoms with Crippen LogP contribution in [0.4, 0.5) is 11.4 Å². The molecule has 3 aromatic rings. The number of hydrogen-bond donors (Lipinski definition) is 3. The summed E-state index contributed by atoms with van der Waals surface area (Å²) in [5.41, 5.74) is 5.17. The van der Waals surface area contributed by atoms with Crippen molar-refractivity contribution in [1.29, 1.82) is 0 Å². The number of hydrogen-bond acceptors (Lipinski definition) is 7. The Hall–Kier alpha value is -3.65. The van der Waals surface area contributed by atoms with Crippen LogP contribution in [0.25, 0.3) is 0 Å². The van der Waals surface area contributed by atoms with E-state index in [1.54, 1.807) is 20.3 Å². The van der Waals surface area contributed by atoms with Crippen LogP contribution < -0.4 is 24.8 Å². The van der Waals surface area contributed by atoms with E-state index in [1.165, 1.54) is 7.11 Å². The number of para-hydroxylation sites is 2. The van der Waals surface area contributed by atoms with E-state index in [9.17, 15) is 9.90 Å². The van der Waals surface area contributed by atoms with Gasteiger partial charge in [0.1, 0.15) is 0 Å². The summed E-state index contributed by atoms with van der Waals surface area (Å²) in [6, 6.07) is 16.9. The minimum atomic E-state index is -0.430. The van der Waals surface area contributed by atoms with Crippen LogP contribution in [-0.2, 0) is 4.79 Å². The SMILES string of the molecule is COc1ccc([C@@H]2CC(=O)C3=C(C2)Nc2ccccc2N[C@H]3c2cc(Br)c(O)c(OC)c2)cc1OC. The first-order valence-corrected chi connectivity index (χ1v) is 12.4. The summed E-state index contributed by atoms with van der Waals surface area (Å²) in [7, 11) is 4.72. The molecule has 186 valence electrons. The molecule has 0 saturated heterocycles.